The molecular weight excluding hydrogens is 396 g/mol. The Bertz CT molecular complexity index is 909. The third kappa shape index (κ3) is 5.22. The number of amides is 3. The predicted octanol–water partition coefficient (Wildman–Crippen LogP) is 2.18. The number of furan rings is 1. The largest absolute Gasteiger partial charge is 0.467 e. The second-order valence-corrected chi connectivity index (χ2v) is 7.24. The molecule has 0 spiro atoms. The molecular formula is C21H23F2N3O4. The molecule has 9 heteroatoms. The van der Waals surface area contributed by atoms with Crippen molar-refractivity contribution in [1.29, 1.82) is 0 Å². The minimum absolute atomic E-state index is 0.0839. The normalized spacial score (nSPS) is 14.4. The van der Waals surface area contributed by atoms with E-state index < -0.39 is 17.5 Å². The number of carbonyl (C=O) groups excluding carboxylic acids is 3. The van der Waals surface area contributed by atoms with Gasteiger partial charge in [-0.25, -0.2) is 8.78 Å². The molecule has 30 heavy (non-hydrogen) atoms. The maximum atomic E-state index is 13.8. The number of benzene rings is 1. The van der Waals surface area contributed by atoms with Gasteiger partial charge in [0.2, 0.25) is 11.8 Å². The van der Waals surface area contributed by atoms with Crippen molar-refractivity contribution in [3.63, 3.8) is 0 Å². The van der Waals surface area contributed by atoms with Crippen LogP contribution in [-0.2, 0) is 16.1 Å². The van der Waals surface area contributed by atoms with Crippen LogP contribution in [0.15, 0.2) is 41.0 Å². The van der Waals surface area contributed by atoms with Gasteiger partial charge in [0, 0.05) is 32.1 Å². The molecule has 1 aliphatic heterocycles. The van der Waals surface area contributed by atoms with Crippen LogP contribution in [0, 0.1) is 17.6 Å². The van der Waals surface area contributed by atoms with Gasteiger partial charge in [-0.2, -0.15) is 0 Å². The molecule has 160 valence electrons. The number of likely N-dealkylation sites (tertiary alicyclic amines) is 1. The fourth-order valence-electron chi connectivity index (χ4n) is 3.42. The second-order valence-electron chi connectivity index (χ2n) is 7.24. The van der Waals surface area contributed by atoms with Crippen molar-refractivity contribution in [1.82, 2.24) is 15.1 Å². The van der Waals surface area contributed by atoms with Crippen molar-refractivity contribution >= 4 is 17.7 Å². The molecule has 7 nitrogen and oxygen atoms in total. The molecule has 1 aromatic heterocycles. The SMILES string of the molecule is CN(CC(=O)NCc1ccco1)C(=O)C1CCN(C(=O)c2ccc(F)cc2F)CC1. The van der Waals surface area contributed by atoms with Gasteiger partial charge >= 0.3 is 0 Å². The summed E-state index contributed by atoms with van der Waals surface area (Å²) >= 11 is 0. The number of likely N-dealkylation sites (N-methyl/N-ethyl adjacent to an activating group) is 1. The van der Waals surface area contributed by atoms with E-state index in [1.54, 1.807) is 19.2 Å². The van der Waals surface area contributed by atoms with Gasteiger partial charge in [-0.05, 0) is 37.1 Å². The van der Waals surface area contributed by atoms with E-state index in [1.807, 2.05) is 0 Å². The summed E-state index contributed by atoms with van der Waals surface area (Å²) in [6.45, 7) is 0.725. The van der Waals surface area contributed by atoms with Crippen LogP contribution in [0.25, 0.3) is 0 Å². The standard InChI is InChI=1S/C21H23F2N3O4/c1-25(13-19(27)24-12-16-3-2-10-30-16)20(28)14-6-8-26(9-7-14)21(29)17-5-4-15(22)11-18(17)23/h2-5,10-11,14H,6-9,12-13H2,1H3,(H,24,27). The number of hydrogen-bond donors (Lipinski definition) is 1. The third-order valence-corrected chi connectivity index (χ3v) is 5.09. The number of rotatable bonds is 6. The average Bonchev–Trinajstić information content (AvgIpc) is 3.25. The van der Waals surface area contributed by atoms with E-state index >= 15 is 0 Å². The summed E-state index contributed by atoms with van der Waals surface area (Å²) in [5, 5.41) is 2.68. The first-order valence-corrected chi connectivity index (χ1v) is 9.63. The fourth-order valence-corrected chi connectivity index (χ4v) is 3.42. The average molecular weight is 419 g/mol. The fraction of sp³-hybridized carbons (Fsp3) is 0.381. The Morgan fingerprint density at radius 3 is 2.57 bits per heavy atom. The van der Waals surface area contributed by atoms with E-state index in [-0.39, 0.29) is 49.5 Å². The molecule has 1 N–H and O–H groups in total. The lowest BCUT2D eigenvalue weighted by Crippen LogP contribution is -2.45. The first-order valence-electron chi connectivity index (χ1n) is 9.63. The van der Waals surface area contributed by atoms with Gasteiger partial charge in [0.25, 0.3) is 5.91 Å². The highest BCUT2D eigenvalue weighted by Gasteiger charge is 2.30. The van der Waals surface area contributed by atoms with Crippen LogP contribution in [0.4, 0.5) is 8.78 Å². The molecule has 2 aromatic rings. The van der Waals surface area contributed by atoms with Gasteiger partial charge in [0.15, 0.2) is 0 Å². The number of piperidine rings is 1. The molecule has 1 aliphatic rings. The minimum atomic E-state index is -0.904. The molecule has 0 bridgehead atoms. The van der Waals surface area contributed by atoms with E-state index in [1.165, 1.54) is 16.1 Å². The molecule has 0 unspecified atom stereocenters. The van der Waals surface area contributed by atoms with E-state index in [2.05, 4.69) is 5.32 Å². The Balaban J connectivity index is 1.47. The van der Waals surface area contributed by atoms with Crippen LogP contribution in [-0.4, -0.2) is 54.2 Å². The topological polar surface area (TPSA) is 82.9 Å². The van der Waals surface area contributed by atoms with Crippen molar-refractivity contribution in [2.45, 2.75) is 19.4 Å². The van der Waals surface area contributed by atoms with Crippen molar-refractivity contribution in [2.75, 3.05) is 26.7 Å². The molecule has 0 aliphatic carbocycles. The van der Waals surface area contributed by atoms with Gasteiger partial charge in [0.05, 0.1) is 24.9 Å². The number of nitrogens with one attached hydrogen (secondary N) is 1. The summed E-state index contributed by atoms with van der Waals surface area (Å²) in [6, 6.07) is 6.30. The van der Waals surface area contributed by atoms with Gasteiger partial charge in [-0.15, -0.1) is 0 Å². The van der Waals surface area contributed by atoms with E-state index in [0.29, 0.717) is 24.7 Å². The molecule has 1 aromatic carbocycles. The van der Waals surface area contributed by atoms with Gasteiger partial charge in [0.1, 0.15) is 17.4 Å². The molecule has 1 saturated heterocycles. The highest BCUT2D eigenvalue weighted by atomic mass is 19.1. The second kappa shape index (κ2) is 9.51. The van der Waals surface area contributed by atoms with Crippen molar-refractivity contribution in [3.8, 4) is 0 Å². The summed E-state index contributed by atoms with van der Waals surface area (Å²) in [5.74, 6) is -2.36. The molecule has 0 saturated carbocycles. The minimum Gasteiger partial charge on any atom is -0.467 e. The van der Waals surface area contributed by atoms with Crippen molar-refractivity contribution in [2.24, 2.45) is 5.92 Å². The van der Waals surface area contributed by atoms with Crippen molar-refractivity contribution < 1.29 is 27.6 Å². The summed E-state index contributed by atoms with van der Waals surface area (Å²) in [5.41, 5.74) is -0.188. The van der Waals surface area contributed by atoms with Gasteiger partial charge < -0.3 is 19.5 Å². The van der Waals surface area contributed by atoms with Crippen LogP contribution in [0.1, 0.15) is 29.0 Å². The summed E-state index contributed by atoms with van der Waals surface area (Å²) in [7, 11) is 1.56. The lowest BCUT2D eigenvalue weighted by atomic mass is 9.95. The van der Waals surface area contributed by atoms with Gasteiger partial charge in [-0.3, -0.25) is 14.4 Å². The Hall–Kier alpha value is -3.23. The third-order valence-electron chi connectivity index (χ3n) is 5.09. The monoisotopic (exact) mass is 419 g/mol. The molecule has 0 radical (unpaired) electrons. The maximum absolute atomic E-state index is 13.8. The van der Waals surface area contributed by atoms with Crippen LogP contribution in [0.3, 0.4) is 0 Å². The molecule has 0 atom stereocenters. The van der Waals surface area contributed by atoms with E-state index in [0.717, 1.165) is 12.1 Å². The highest BCUT2D eigenvalue weighted by Crippen LogP contribution is 2.22. The molecule has 3 amide bonds. The van der Waals surface area contributed by atoms with Crippen LogP contribution in [0.2, 0.25) is 0 Å². The number of carbonyl (C=O) groups is 3. The van der Waals surface area contributed by atoms with Crippen LogP contribution < -0.4 is 5.32 Å². The van der Waals surface area contributed by atoms with E-state index in [4.69, 9.17) is 4.42 Å². The van der Waals surface area contributed by atoms with Gasteiger partial charge in [-0.1, -0.05) is 0 Å². The van der Waals surface area contributed by atoms with Crippen molar-refractivity contribution in [3.05, 3.63) is 59.6 Å². The summed E-state index contributed by atoms with van der Waals surface area (Å²) in [4.78, 5) is 39.9. The quantitative estimate of drug-likeness (QED) is 0.778. The van der Waals surface area contributed by atoms with Crippen LogP contribution >= 0.6 is 0 Å². The lowest BCUT2D eigenvalue weighted by molar-refractivity contribution is -0.139. The number of nitrogens with zero attached hydrogens (tertiary/aromatic N) is 2. The zero-order valence-electron chi connectivity index (χ0n) is 16.6. The Morgan fingerprint density at radius 2 is 1.93 bits per heavy atom. The van der Waals surface area contributed by atoms with E-state index in [9.17, 15) is 23.2 Å². The zero-order chi connectivity index (χ0) is 21.7. The predicted molar refractivity (Wildman–Crippen MR) is 103 cm³/mol. The zero-order valence-corrected chi connectivity index (χ0v) is 16.6. The molecule has 1 fully saturated rings. The maximum Gasteiger partial charge on any atom is 0.256 e. The highest BCUT2D eigenvalue weighted by molar-refractivity contribution is 5.94. The lowest BCUT2D eigenvalue weighted by Gasteiger charge is -2.33. The first kappa shape index (κ1) is 21.5. The number of halogens is 2. The molecule has 2 heterocycles. The Labute approximate surface area is 172 Å². The molecule has 3 rings (SSSR count). The Morgan fingerprint density at radius 1 is 1.20 bits per heavy atom. The van der Waals surface area contributed by atoms with Crippen LogP contribution in [0.5, 0.6) is 0 Å². The summed E-state index contributed by atoms with van der Waals surface area (Å²) < 4.78 is 32.0. The summed E-state index contributed by atoms with van der Waals surface area (Å²) in [6.07, 6.45) is 2.33. The first-order chi connectivity index (χ1) is 14.3. The Kier molecular flexibility index (Phi) is 6.81. The number of hydrogen-bond acceptors (Lipinski definition) is 4. The smallest absolute Gasteiger partial charge is 0.256 e.